The van der Waals surface area contributed by atoms with E-state index < -0.39 is 29.1 Å². The van der Waals surface area contributed by atoms with Crippen molar-refractivity contribution in [3.8, 4) is 0 Å². The van der Waals surface area contributed by atoms with E-state index in [2.05, 4.69) is 0 Å². The first-order valence-corrected chi connectivity index (χ1v) is 3.81. The van der Waals surface area contributed by atoms with Gasteiger partial charge in [-0.05, 0) is 11.6 Å². The Hall–Kier alpha value is -1.56. The number of nitrogens with two attached hydrogens (primary N) is 1. The van der Waals surface area contributed by atoms with Crippen molar-refractivity contribution in [2.75, 3.05) is 6.67 Å². The van der Waals surface area contributed by atoms with Gasteiger partial charge >= 0.3 is 5.69 Å². The standard InChI is InChI=1S/C8H8F2N2O2/c9-4-7(11)5-1-2-6(10)8(3-5)12(13)14/h1-3,7H,4,11H2/t7-/m0/s1. The molecule has 1 rings (SSSR count). The number of nitrogens with zero attached hydrogens (tertiary/aromatic N) is 1. The number of nitro benzene ring substituents is 1. The molecule has 0 radical (unpaired) electrons. The van der Waals surface area contributed by atoms with Gasteiger partial charge in [-0.2, -0.15) is 4.39 Å². The minimum atomic E-state index is -0.954. The number of hydrogen-bond acceptors (Lipinski definition) is 3. The maximum atomic E-state index is 12.8. The molecule has 1 aromatic rings. The molecule has 0 saturated carbocycles. The van der Waals surface area contributed by atoms with Gasteiger partial charge in [0.05, 0.1) is 11.0 Å². The van der Waals surface area contributed by atoms with Gasteiger partial charge in [0.1, 0.15) is 6.67 Å². The summed E-state index contributed by atoms with van der Waals surface area (Å²) in [5, 5.41) is 10.3. The lowest BCUT2D eigenvalue weighted by Gasteiger charge is -2.06. The highest BCUT2D eigenvalue weighted by Crippen LogP contribution is 2.21. The molecule has 1 aromatic carbocycles. The molecule has 0 heterocycles. The van der Waals surface area contributed by atoms with Crippen molar-refractivity contribution in [2.24, 2.45) is 5.73 Å². The minimum Gasteiger partial charge on any atom is -0.322 e. The average molecular weight is 202 g/mol. The largest absolute Gasteiger partial charge is 0.322 e. The summed E-state index contributed by atoms with van der Waals surface area (Å²) >= 11 is 0. The zero-order valence-corrected chi connectivity index (χ0v) is 7.11. The normalized spacial score (nSPS) is 12.5. The predicted octanol–water partition coefficient (Wildman–Crippen LogP) is 1.70. The number of nitro groups is 1. The van der Waals surface area contributed by atoms with E-state index in [1.54, 1.807) is 0 Å². The highest BCUT2D eigenvalue weighted by atomic mass is 19.1. The van der Waals surface area contributed by atoms with Crippen LogP contribution in [0, 0.1) is 15.9 Å². The van der Waals surface area contributed by atoms with Crippen LogP contribution in [0.2, 0.25) is 0 Å². The summed E-state index contributed by atoms with van der Waals surface area (Å²) in [4.78, 5) is 9.44. The molecule has 2 N–H and O–H groups in total. The highest BCUT2D eigenvalue weighted by molar-refractivity contribution is 5.37. The lowest BCUT2D eigenvalue weighted by Crippen LogP contribution is -2.12. The Morgan fingerprint density at radius 2 is 2.21 bits per heavy atom. The number of halogens is 2. The Morgan fingerprint density at radius 1 is 1.57 bits per heavy atom. The first-order chi connectivity index (χ1) is 6.56. The third-order valence-corrected chi connectivity index (χ3v) is 1.76. The van der Waals surface area contributed by atoms with Crippen molar-refractivity contribution in [2.45, 2.75) is 6.04 Å². The smallest absolute Gasteiger partial charge is 0.305 e. The minimum absolute atomic E-state index is 0.209. The van der Waals surface area contributed by atoms with Gasteiger partial charge in [-0.3, -0.25) is 10.1 Å². The van der Waals surface area contributed by atoms with E-state index in [0.29, 0.717) is 0 Å². The van der Waals surface area contributed by atoms with Gasteiger partial charge in [0.15, 0.2) is 0 Å². The van der Waals surface area contributed by atoms with Crippen LogP contribution < -0.4 is 5.73 Å². The molecule has 6 heteroatoms. The van der Waals surface area contributed by atoms with Crippen LogP contribution in [0.15, 0.2) is 18.2 Å². The Balaban J connectivity index is 3.12. The summed E-state index contributed by atoms with van der Waals surface area (Å²) in [6, 6.07) is 2.13. The first-order valence-electron chi connectivity index (χ1n) is 3.81. The maximum Gasteiger partial charge on any atom is 0.305 e. The zero-order chi connectivity index (χ0) is 10.7. The van der Waals surface area contributed by atoms with E-state index in [1.807, 2.05) is 0 Å². The SMILES string of the molecule is N[C@@H](CF)c1ccc(F)c([N+](=O)[O-])c1. The topological polar surface area (TPSA) is 69.2 Å². The molecule has 14 heavy (non-hydrogen) atoms. The molecule has 1 atom stereocenters. The van der Waals surface area contributed by atoms with Crippen molar-refractivity contribution in [3.63, 3.8) is 0 Å². The second-order valence-electron chi connectivity index (χ2n) is 2.73. The van der Waals surface area contributed by atoms with Crippen LogP contribution in [-0.2, 0) is 0 Å². The predicted molar refractivity (Wildman–Crippen MR) is 46.0 cm³/mol. The molecule has 0 aliphatic rings. The second kappa shape index (κ2) is 4.10. The van der Waals surface area contributed by atoms with Crippen LogP contribution in [0.3, 0.4) is 0 Å². The van der Waals surface area contributed by atoms with E-state index in [-0.39, 0.29) is 5.56 Å². The van der Waals surface area contributed by atoms with Crippen molar-refractivity contribution >= 4 is 5.69 Å². The Morgan fingerprint density at radius 3 is 2.71 bits per heavy atom. The van der Waals surface area contributed by atoms with Gasteiger partial charge in [0.25, 0.3) is 0 Å². The van der Waals surface area contributed by atoms with Crippen LogP contribution in [0.4, 0.5) is 14.5 Å². The summed E-state index contributed by atoms with van der Waals surface area (Å²) in [6.07, 6.45) is 0. The van der Waals surface area contributed by atoms with Crippen LogP contribution >= 0.6 is 0 Å². The molecule has 0 bridgehead atoms. The van der Waals surface area contributed by atoms with Gasteiger partial charge in [-0.15, -0.1) is 0 Å². The van der Waals surface area contributed by atoms with E-state index in [4.69, 9.17) is 5.73 Å². The molecule has 0 saturated heterocycles. The van der Waals surface area contributed by atoms with Crippen LogP contribution in [0.1, 0.15) is 11.6 Å². The van der Waals surface area contributed by atoms with Gasteiger partial charge in [-0.1, -0.05) is 6.07 Å². The molecule has 0 amide bonds. The third-order valence-electron chi connectivity index (χ3n) is 1.76. The summed E-state index contributed by atoms with van der Waals surface area (Å²) in [6.45, 7) is -0.844. The van der Waals surface area contributed by atoms with Crippen molar-refractivity contribution in [1.82, 2.24) is 0 Å². The Labute approximate surface area is 78.5 Å². The first kappa shape index (κ1) is 10.5. The molecule has 0 unspecified atom stereocenters. The summed E-state index contributed by atoms with van der Waals surface area (Å²) in [5.74, 6) is -0.954. The van der Waals surface area contributed by atoms with Crippen molar-refractivity contribution < 1.29 is 13.7 Å². The molecule has 0 fully saturated rings. The lowest BCUT2D eigenvalue weighted by atomic mass is 10.1. The van der Waals surface area contributed by atoms with E-state index in [1.165, 1.54) is 6.07 Å². The summed E-state index contributed by atoms with van der Waals surface area (Å²) in [5.41, 5.74) is 4.81. The monoisotopic (exact) mass is 202 g/mol. The van der Waals surface area contributed by atoms with Gasteiger partial charge < -0.3 is 5.73 Å². The fraction of sp³-hybridized carbons (Fsp3) is 0.250. The van der Waals surface area contributed by atoms with Crippen LogP contribution in [0.25, 0.3) is 0 Å². The molecule has 4 nitrogen and oxygen atoms in total. The van der Waals surface area contributed by atoms with Gasteiger partial charge in [0.2, 0.25) is 5.82 Å². The number of rotatable bonds is 3. The molecule has 0 aromatic heterocycles. The summed E-state index contributed by atoms with van der Waals surface area (Å²) < 4.78 is 24.9. The molecule has 0 aliphatic carbocycles. The third kappa shape index (κ3) is 2.02. The molecular weight excluding hydrogens is 194 g/mol. The Bertz CT molecular complexity index is 357. The zero-order valence-electron chi connectivity index (χ0n) is 7.11. The fourth-order valence-electron chi connectivity index (χ4n) is 0.989. The van der Waals surface area contributed by atoms with Crippen molar-refractivity contribution in [3.05, 3.63) is 39.7 Å². The maximum absolute atomic E-state index is 12.8. The van der Waals surface area contributed by atoms with Gasteiger partial charge in [-0.25, -0.2) is 4.39 Å². The fourth-order valence-corrected chi connectivity index (χ4v) is 0.989. The molecule has 0 aliphatic heterocycles. The molecular formula is C8H8F2N2O2. The number of hydrogen-bond donors (Lipinski definition) is 1. The average Bonchev–Trinajstić information content (AvgIpc) is 2.17. The second-order valence-corrected chi connectivity index (χ2v) is 2.73. The lowest BCUT2D eigenvalue weighted by molar-refractivity contribution is -0.387. The molecule has 76 valence electrons. The van der Waals surface area contributed by atoms with Gasteiger partial charge in [0, 0.05) is 6.07 Å². The van der Waals surface area contributed by atoms with E-state index >= 15 is 0 Å². The number of benzene rings is 1. The molecule has 0 spiro atoms. The van der Waals surface area contributed by atoms with Crippen LogP contribution in [0.5, 0.6) is 0 Å². The van der Waals surface area contributed by atoms with E-state index in [9.17, 15) is 18.9 Å². The number of alkyl halides is 1. The summed E-state index contributed by atoms with van der Waals surface area (Å²) in [7, 11) is 0. The highest BCUT2D eigenvalue weighted by Gasteiger charge is 2.16. The van der Waals surface area contributed by atoms with E-state index in [0.717, 1.165) is 12.1 Å². The van der Waals surface area contributed by atoms with Crippen LogP contribution in [-0.4, -0.2) is 11.6 Å². The quantitative estimate of drug-likeness (QED) is 0.599. The van der Waals surface area contributed by atoms with Crippen molar-refractivity contribution in [1.29, 1.82) is 0 Å². The Kier molecular flexibility index (Phi) is 3.08.